The molecule has 1 aromatic heterocycles. The van der Waals surface area contributed by atoms with Gasteiger partial charge in [-0.15, -0.1) is 0 Å². The lowest BCUT2D eigenvalue weighted by molar-refractivity contribution is -0.140. The van der Waals surface area contributed by atoms with E-state index in [2.05, 4.69) is 17.3 Å². The summed E-state index contributed by atoms with van der Waals surface area (Å²) in [5.74, 6) is 1.47. The molecule has 5 rings (SSSR count). The highest BCUT2D eigenvalue weighted by molar-refractivity contribution is 6.06. The fourth-order valence-electron chi connectivity index (χ4n) is 4.57. The second-order valence-electron chi connectivity index (χ2n) is 7.39. The zero-order valence-corrected chi connectivity index (χ0v) is 15.4. The first-order chi connectivity index (χ1) is 13.7. The smallest absolute Gasteiger partial charge is 0.254 e. The molecular formula is C22H20N2O4. The van der Waals surface area contributed by atoms with E-state index in [4.69, 9.17) is 9.15 Å². The van der Waals surface area contributed by atoms with Crippen LogP contribution in [0, 0.1) is 23.7 Å². The summed E-state index contributed by atoms with van der Waals surface area (Å²) in [7, 11) is 0. The summed E-state index contributed by atoms with van der Waals surface area (Å²) in [5.41, 5.74) is 0.911. The fraction of sp³-hybridized carbons (Fsp3) is 0.318. The molecule has 142 valence electrons. The number of ether oxygens (including phenoxy) is 1. The van der Waals surface area contributed by atoms with Crippen molar-refractivity contribution in [2.45, 2.75) is 13.3 Å². The number of hydrazone groups is 1. The second-order valence-corrected chi connectivity index (χ2v) is 7.39. The Kier molecular flexibility index (Phi) is 3.93. The van der Waals surface area contributed by atoms with E-state index >= 15 is 0 Å². The number of rotatable bonds is 5. The Morgan fingerprint density at radius 3 is 2.39 bits per heavy atom. The van der Waals surface area contributed by atoms with Crippen LogP contribution in [0.1, 0.15) is 19.1 Å². The van der Waals surface area contributed by atoms with Crippen LogP contribution < -0.4 is 4.74 Å². The molecule has 2 aliphatic carbocycles. The van der Waals surface area contributed by atoms with Crippen molar-refractivity contribution >= 4 is 18.0 Å². The van der Waals surface area contributed by atoms with Gasteiger partial charge in [0, 0.05) is 5.56 Å². The van der Waals surface area contributed by atoms with Crippen LogP contribution in [0.15, 0.2) is 58.1 Å². The van der Waals surface area contributed by atoms with E-state index in [0.717, 1.165) is 22.7 Å². The third-order valence-electron chi connectivity index (χ3n) is 5.82. The normalized spacial score (nSPS) is 28.0. The number of fused-ring (bicyclic) bond motifs is 5. The van der Waals surface area contributed by atoms with E-state index in [1.54, 1.807) is 6.07 Å². The maximum Gasteiger partial charge on any atom is 0.254 e. The van der Waals surface area contributed by atoms with Gasteiger partial charge in [0.2, 0.25) is 0 Å². The predicted molar refractivity (Wildman–Crippen MR) is 102 cm³/mol. The zero-order chi connectivity index (χ0) is 19.3. The molecule has 1 aliphatic heterocycles. The van der Waals surface area contributed by atoms with Crippen LogP contribution in [0.4, 0.5) is 0 Å². The second kappa shape index (κ2) is 6.48. The van der Waals surface area contributed by atoms with Crippen LogP contribution in [0.25, 0.3) is 11.3 Å². The van der Waals surface area contributed by atoms with Crippen LogP contribution in [-0.2, 0) is 9.59 Å². The summed E-state index contributed by atoms with van der Waals surface area (Å²) < 4.78 is 11.2. The van der Waals surface area contributed by atoms with E-state index in [9.17, 15) is 9.59 Å². The Morgan fingerprint density at radius 2 is 1.75 bits per heavy atom. The van der Waals surface area contributed by atoms with Gasteiger partial charge in [-0.25, -0.2) is 0 Å². The Morgan fingerprint density at radius 1 is 1.07 bits per heavy atom. The van der Waals surface area contributed by atoms with E-state index < -0.39 is 0 Å². The SMILES string of the molecule is CCOc1ccc(-c2ccc(C=NN3C(=O)[C@@H]4[C@H](C3=O)[C@H]3C=C[C@H]4C3)o2)cc1. The van der Waals surface area contributed by atoms with Crippen molar-refractivity contribution in [3.63, 3.8) is 0 Å². The van der Waals surface area contributed by atoms with Gasteiger partial charge in [0.15, 0.2) is 0 Å². The molecule has 1 aromatic carbocycles. The van der Waals surface area contributed by atoms with E-state index in [0.29, 0.717) is 18.1 Å². The maximum absolute atomic E-state index is 12.6. The number of nitrogens with zero attached hydrogens (tertiary/aromatic N) is 2. The van der Waals surface area contributed by atoms with Crippen molar-refractivity contribution in [1.82, 2.24) is 5.01 Å². The molecule has 2 heterocycles. The number of hydrogen-bond donors (Lipinski definition) is 0. The molecule has 0 spiro atoms. The largest absolute Gasteiger partial charge is 0.494 e. The van der Waals surface area contributed by atoms with Gasteiger partial charge in [-0.3, -0.25) is 9.59 Å². The number of furan rings is 1. The van der Waals surface area contributed by atoms with E-state index in [1.165, 1.54) is 6.21 Å². The summed E-state index contributed by atoms with van der Waals surface area (Å²) in [5, 5.41) is 5.18. The first-order valence-electron chi connectivity index (χ1n) is 9.59. The summed E-state index contributed by atoms with van der Waals surface area (Å²) in [6.45, 7) is 2.56. The van der Waals surface area contributed by atoms with Crippen molar-refractivity contribution in [2.24, 2.45) is 28.8 Å². The molecule has 4 atom stereocenters. The summed E-state index contributed by atoms with van der Waals surface area (Å²) in [6.07, 6.45) is 6.48. The van der Waals surface area contributed by atoms with Gasteiger partial charge < -0.3 is 9.15 Å². The molecule has 3 aliphatic rings. The third-order valence-corrected chi connectivity index (χ3v) is 5.82. The standard InChI is InChI=1S/C22H20N2O4/c1-2-27-16-7-5-13(6-8-16)18-10-9-17(28-18)12-23-24-21(25)19-14-3-4-15(11-14)20(19)22(24)26/h3-10,12,14-15,19-20H,2,11H2,1H3/t14-,15-,19-,20+/m0/s1. The molecule has 1 saturated heterocycles. The van der Waals surface area contributed by atoms with E-state index in [1.807, 2.05) is 37.3 Å². The van der Waals surface area contributed by atoms with Gasteiger partial charge in [0.25, 0.3) is 11.8 Å². The monoisotopic (exact) mass is 376 g/mol. The molecule has 2 fully saturated rings. The molecular weight excluding hydrogens is 356 g/mol. The Labute approximate surface area is 162 Å². The lowest BCUT2D eigenvalue weighted by atomic mass is 9.85. The minimum atomic E-state index is -0.240. The molecule has 0 radical (unpaired) electrons. The molecule has 28 heavy (non-hydrogen) atoms. The number of carbonyl (C=O) groups is 2. The lowest BCUT2D eigenvalue weighted by Crippen LogP contribution is -2.28. The summed E-state index contributed by atoms with van der Waals surface area (Å²) in [6, 6.07) is 11.2. The zero-order valence-electron chi connectivity index (χ0n) is 15.4. The topological polar surface area (TPSA) is 72.1 Å². The molecule has 6 nitrogen and oxygen atoms in total. The first-order valence-corrected chi connectivity index (χ1v) is 9.59. The average Bonchev–Trinajstić information content (AvgIpc) is 3.47. The van der Waals surface area contributed by atoms with Crippen LogP contribution >= 0.6 is 0 Å². The van der Waals surface area contributed by atoms with Crippen LogP contribution in [0.2, 0.25) is 0 Å². The van der Waals surface area contributed by atoms with Crippen molar-refractivity contribution in [2.75, 3.05) is 6.61 Å². The van der Waals surface area contributed by atoms with Gasteiger partial charge >= 0.3 is 0 Å². The predicted octanol–water partition coefficient (Wildman–Crippen LogP) is 3.49. The number of carbonyl (C=O) groups excluding carboxylic acids is 2. The molecule has 2 bridgehead atoms. The Bertz CT molecular complexity index is 958. The first kappa shape index (κ1) is 17.0. The quantitative estimate of drug-likeness (QED) is 0.455. The van der Waals surface area contributed by atoms with Gasteiger partial charge in [-0.1, -0.05) is 12.2 Å². The fourth-order valence-corrected chi connectivity index (χ4v) is 4.57. The molecule has 1 saturated carbocycles. The van der Waals surface area contributed by atoms with Crippen LogP contribution in [0.3, 0.4) is 0 Å². The molecule has 0 N–H and O–H groups in total. The lowest BCUT2D eigenvalue weighted by Gasteiger charge is -2.13. The van der Waals surface area contributed by atoms with Crippen molar-refractivity contribution in [3.05, 3.63) is 54.3 Å². The van der Waals surface area contributed by atoms with Gasteiger partial charge in [0.05, 0.1) is 24.7 Å². The highest BCUT2D eigenvalue weighted by Crippen LogP contribution is 2.52. The van der Waals surface area contributed by atoms with Gasteiger partial charge in [-0.05, 0) is 61.6 Å². The highest BCUT2D eigenvalue weighted by Gasteiger charge is 2.59. The molecule has 2 aromatic rings. The molecule has 6 heteroatoms. The van der Waals surface area contributed by atoms with Crippen LogP contribution in [0.5, 0.6) is 5.75 Å². The minimum Gasteiger partial charge on any atom is -0.494 e. The number of hydrogen-bond acceptors (Lipinski definition) is 5. The van der Waals surface area contributed by atoms with E-state index in [-0.39, 0.29) is 35.5 Å². The third kappa shape index (κ3) is 2.59. The van der Waals surface area contributed by atoms with Crippen molar-refractivity contribution in [3.8, 4) is 17.1 Å². The number of amides is 2. The summed E-state index contributed by atoms with van der Waals surface area (Å²) in [4.78, 5) is 25.3. The van der Waals surface area contributed by atoms with Crippen molar-refractivity contribution in [1.29, 1.82) is 0 Å². The van der Waals surface area contributed by atoms with Crippen LogP contribution in [-0.4, -0.2) is 29.6 Å². The Balaban J connectivity index is 1.31. The van der Waals surface area contributed by atoms with Gasteiger partial charge in [0.1, 0.15) is 17.3 Å². The van der Waals surface area contributed by atoms with Gasteiger partial charge in [-0.2, -0.15) is 10.1 Å². The number of allylic oxidation sites excluding steroid dienone is 2. The minimum absolute atomic E-state index is 0.182. The number of imide groups is 1. The summed E-state index contributed by atoms with van der Waals surface area (Å²) >= 11 is 0. The van der Waals surface area contributed by atoms with Crippen molar-refractivity contribution < 1.29 is 18.7 Å². The average molecular weight is 376 g/mol. The highest BCUT2D eigenvalue weighted by atomic mass is 16.5. The Hall–Kier alpha value is -3.15. The number of benzene rings is 1. The maximum atomic E-state index is 12.6. The molecule has 2 amide bonds. The molecule has 0 unspecified atom stereocenters.